The molecule has 1 aliphatic heterocycles. The lowest BCUT2D eigenvalue weighted by Crippen LogP contribution is -2.42. The van der Waals surface area contributed by atoms with Gasteiger partial charge < -0.3 is 24.8 Å². The van der Waals surface area contributed by atoms with Gasteiger partial charge in [-0.2, -0.15) is 0 Å². The van der Waals surface area contributed by atoms with Gasteiger partial charge in [-0.1, -0.05) is 76.9 Å². The molecule has 0 bridgehead atoms. The van der Waals surface area contributed by atoms with Crippen LogP contribution in [0.15, 0.2) is 12.2 Å². The minimum Gasteiger partial charge on any atom is -0.394 e. The molecule has 0 aliphatic carbocycles. The van der Waals surface area contributed by atoms with Crippen LogP contribution in [0.4, 0.5) is 0 Å². The Kier molecular flexibility index (Phi) is 15.9. The van der Waals surface area contributed by atoms with Gasteiger partial charge in [-0.15, -0.1) is 0 Å². The fraction of sp³-hybridized carbons (Fsp3) is 0.913. The molecule has 0 aromatic carbocycles. The summed E-state index contributed by atoms with van der Waals surface area (Å²) in [7, 11) is 0. The van der Waals surface area contributed by atoms with Crippen LogP contribution in [0.25, 0.3) is 0 Å². The van der Waals surface area contributed by atoms with Gasteiger partial charge in [0.1, 0.15) is 24.4 Å². The Morgan fingerprint density at radius 1 is 0.893 bits per heavy atom. The third-order valence-corrected chi connectivity index (χ3v) is 5.46. The van der Waals surface area contributed by atoms with Gasteiger partial charge in [0, 0.05) is 6.61 Å². The van der Waals surface area contributed by atoms with E-state index in [9.17, 15) is 15.3 Å². The standard InChI is InChI=1S/C23H44O5/c1-2-3-4-5-6-7-8-9-10-11-12-13-14-15-16-17-27-21(18-24)23-22(26)20(25)19-28-23/h4-5,20-26H,2-3,6-19H2,1H3/b5-4+/t20-,21+,22-,23-/m0/s1. The van der Waals surface area contributed by atoms with Crippen LogP contribution in [0.5, 0.6) is 0 Å². The number of allylic oxidation sites excluding steroid dienone is 2. The summed E-state index contributed by atoms with van der Waals surface area (Å²) in [5.41, 5.74) is 0. The normalized spacial score (nSPS) is 23.6. The molecule has 0 aromatic rings. The molecule has 0 amide bonds. The summed E-state index contributed by atoms with van der Waals surface area (Å²) in [6.45, 7) is 2.67. The van der Waals surface area contributed by atoms with Crippen molar-refractivity contribution in [3.05, 3.63) is 12.2 Å². The van der Waals surface area contributed by atoms with Crippen LogP contribution in [-0.2, 0) is 9.47 Å². The Hall–Kier alpha value is -0.460. The van der Waals surface area contributed by atoms with Crippen molar-refractivity contribution in [3.63, 3.8) is 0 Å². The van der Waals surface area contributed by atoms with E-state index in [1.165, 1.54) is 70.6 Å². The first-order valence-corrected chi connectivity index (χ1v) is 11.6. The summed E-state index contributed by atoms with van der Waals surface area (Å²) >= 11 is 0. The molecule has 28 heavy (non-hydrogen) atoms. The van der Waals surface area contributed by atoms with Gasteiger partial charge in [0.05, 0.1) is 13.2 Å². The minimum absolute atomic E-state index is 0.0989. The molecular weight excluding hydrogens is 356 g/mol. The zero-order valence-corrected chi connectivity index (χ0v) is 17.9. The molecule has 1 aliphatic rings. The third kappa shape index (κ3) is 11.5. The zero-order valence-electron chi connectivity index (χ0n) is 17.9. The average Bonchev–Trinajstić information content (AvgIpc) is 3.03. The topological polar surface area (TPSA) is 79.2 Å². The lowest BCUT2D eigenvalue weighted by molar-refractivity contribution is -0.101. The second-order valence-electron chi connectivity index (χ2n) is 8.03. The van der Waals surface area contributed by atoms with E-state index in [1.54, 1.807) is 0 Å². The number of hydrogen-bond acceptors (Lipinski definition) is 5. The second-order valence-corrected chi connectivity index (χ2v) is 8.03. The highest BCUT2D eigenvalue weighted by atomic mass is 16.6. The van der Waals surface area contributed by atoms with Crippen molar-refractivity contribution in [2.24, 2.45) is 0 Å². The Labute approximate surface area is 172 Å². The van der Waals surface area contributed by atoms with Gasteiger partial charge in [0.15, 0.2) is 0 Å². The maximum atomic E-state index is 9.82. The summed E-state index contributed by atoms with van der Waals surface area (Å²) in [6.07, 6.45) is 17.9. The quantitative estimate of drug-likeness (QED) is 0.238. The molecule has 0 radical (unpaired) electrons. The third-order valence-electron chi connectivity index (χ3n) is 5.46. The molecule has 0 unspecified atom stereocenters. The van der Waals surface area contributed by atoms with Crippen LogP contribution in [0.1, 0.15) is 90.4 Å². The first-order valence-electron chi connectivity index (χ1n) is 11.6. The van der Waals surface area contributed by atoms with Crippen molar-refractivity contribution < 1.29 is 24.8 Å². The lowest BCUT2D eigenvalue weighted by Gasteiger charge is -2.24. The first kappa shape index (κ1) is 25.6. The summed E-state index contributed by atoms with van der Waals surface area (Å²) in [5, 5.41) is 28.8. The predicted molar refractivity (Wildman–Crippen MR) is 113 cm³/mol. The van der Waals surface area contributed by atoms with Crippen molar-refractivity contribution in [3.8, 4) is 0 Å². The van der Waals surface area contributed by atoms with E-state index in [4.69, 9.17) is 9.47 Å². The number of rotatable bonds is 18. The highest BCUT2D eigenvalue weighted by Gasteiger charge is 2.40. The van der Waals surface area contributed by atoms with E-state index >= 15 is 0 Å². The number of hydrogen-bond donors (Lipinski definition) is 3. The summed E-state index contributed by atoms with van der Waals surface area (Å²) < 4.78 is 11.0. The fourth-order valence-corrected chi connectivity index (χ4v) is 3.62. The molecule has 4 atom stereocenters. The van der Waals surface area contributed by atoms with Crippen LogP contribution in [0, 0.1) is 0 Å². The molecule has 166 valence electrons. The van der Waals surface area contributed by atoms with Crippen molar-refractivity contribution >= 4 is 0 Å². The van der Waals surface area contributed by atoms with Crippen molar-refractivity contribution in [2.45, 2.75) is 115 Å². The van der Waals surface area contributed by atoms with E-state index in [0.29, 0.717) is 6.61 Å². The van der Waals surface area contributed by atoms with Gasteiger partial charge >= 0.3 is 0 Å². The molecule has 1 saturated heterocycles. The van der Waals surface area contributed by atoms with Gasteiger partial charge in [0.25, 0.3) is 0 Å². The van der Waals surface area contributed by atoms with Crippen LogP contribution >= 0.6 is 0 Å². The minimum atomic E-state index is -0.977. The lowest BCUT2D eigenvalue weighted by atomic mass is 10.1. The van der Waals surface area contributed by atoms with Gasteiger partial charge in [-0.3, -0.25) is 0 Å². The highest BCUT2D eigenvalue weighted by Crippen LogP contribution is 2.20. The van der Waals surface area contributed by atoms with E-state index in [2.05, 4.69) is 19.1 Å². The summed E-state index contributed by atoms with van der Waals surface area (Å²) in [5.74, 6) is 0. The molecule has 1 fully saturated rings. The van der Waals surface area contributed by atoms with Crippen molar-refractivity contribution in [1.82, 2.24) is 0 Å². The van der Waals surface area contributed by atoms with Gasteiger partial charge in [-0.05, 0) is 25.7 Å². The summed E-state index contributed by atoms with van der Waals surface area (Å²) in [4.78, 5) is 0. The number of unbranched alkanes of at least 4 members (excludes halogenated alkanes) is 11. The molecule has 0 aromatic heterocycles. The van der Waals surface area contributed by atoms with Crippen LogP contribution in [0.2, 0.25) is 0 Å². The van der Waals surface area contributed by atoms with Crippen LogP contribution in [-0.4, -0.2) is 59.6 Å². The Morgan fingerprint density at radius 2 is 1.46 bits per heavy atom. The number of aliphatic hydroxyl groups excluding tert-OH is 3. The predicted octanol–water partition coefficient (Wildman–Crippen LogP) is 4.13. The summed E-state index contributed by atoms with van der Waals surface area (Å²) in [6, 6.07) is 0. The van der Waals surface area contributed by atoms with E-state index in [0.717, 1.165) is 12.8 Å². The van der Waals surface area contributed by atoms with Crippen molar-refractivity contribution in [2.75, 3.05) is 19.8 Å². The average molecular weight is 401 g/mol. The van der Waals surface area contributed by atoms with E-state index in [-0.39, 0.29) is 13.2 Å². The van der Waals surface area contributed by atoms with Gasteiger partial charge in [0.2, 0.25) is 0 Å². The maximum Gasteiger partial charge on any atom is 0.114 e. The van der Waals surface area contributed by atoms with Crippen LogP contribution in [0.3, 0.4) is 0 Å². The Balaban J connectivity index is 1.85. The molecule has 1 heterocycles. The Morgan fingerprint density at radius 3 is 2.00 bits per heavy atom. The number of aliphatic hydroxyl groups is 3. The maximum absolute atomic E-state index is 9.82. The number of ether oxygens (including phenoxy) is 2. The zero-order chi connectivity index (χ0) is 20.5. The van der Waals surface area contributed by atoms with E-state index < -0.39 is 24.4 Å². The molecule has 5 nitrogen and oxygen atoms in total. The SMILES string of the molecule is CCC/C=C/CCCCCCCCCCCCO[C@H](CO)[C@@H]1OC[C@H](O)[C@@H]1O. The second kappa shape index (κ2) is 17.4. The highest BCUT2D eigenvalue weighted by molar-refractivity contribution is 4.88. The van der Waals surface area contributed by atoms with E-state index in [1.807, 2.05) is 0 Å². The van der Waals surface area contributed by atoms with Crippen LogP contribution < -0.4 is 0 Å². The molecule has 0 spiro atoms. The molecular formula is C23H44O5. The smallest absolute Gasteiger partial charge is 0.114 e. The monoisotopic (exact) mass is 400 g/mol. The van der Waals surface area contributed by atoms with Gasteiger partial charge in [-0.25, -0.2) is 0 Å². The largest absolute Gasteiger partial charge is 0.394 e. The molecule has 1 rings (SSSR count). The first-order chi connectivity index (χ1) is 13.7. The molecule has 5 heteroatoms. The Bertz CT molecular complexity index is 374. The molecule has 0 saturated carbocycles. The van der Waals surface area contributed by atoms with Crippen molar-refractivity contribution in [1.29, 1.82) is 0 Å². The fourth-order valence-electron chi connectivity index (χ4n) is 3.62. The molecule has 3 N–H and O–H groups in total.